The summed E-state index contributed by atoms with van der Waals surface area (Å²) in [6.07, 6.45) is -14.3. The fraction of sp³-hybridized carbons (Fsp3) is 0.917. The van der Waals surface area contributed by atoms with Crippen LogP contribution in [0.2, 0.25) is 0 Å². The van der Waals surface area contributed by atoms with Gasteiger partial charge in [0.2, 0.25) is 0 Å². The SMILES string of the molecule is O=C(O)C1(F)OC(C(O)CCO)C(NCC(F)(F)C(F)(F)F)CC1F. The Bertz CT molecular complexity index is 477. The molecule has 0 saturated carbocycles. The first-order valence-corrected chi connectivity index (χ1v) is 6.97. The van der Waals surface area contributed by atoms with Crippen molar-refractivity contribution in [1.82, 2.24) is 5.32 Å². The Kier molecular flexibility index (Phi) is 6.64. The summed E-state index contributed by atoms with van der Waals surface area (Å²) in [4.78, 5) is 10.8. The molecule has 1 aliphatic heterocycles. The maximum absolute atomic E-state index is 14.0. The van der Waals surface area contributed by atoms with Gasteiger partial charge in [-0.1, -0.05) is 0 Å². The number of ether oxygens (including phenoxy) is 1. The molecule has 0 aromatic carbocycles. The van der Waals surface area contributed by atoms with Crippen molar-refractivity contribution in [2.45, 2.75) is 55.2 Å². The van der Waals surface area contributed by atoms with E-state index in [2.05, 4.69) is 4.74 Å². The van der Waals surface area contributed by atoms with Crippen LogP contribution >= 0.6 is 0 Å². The number of nitrogens with one attached hydrogen (secondary N) is 1. The largest absolute Gasteiger partial charge is 0.477 e. The minimum Gasteiger partial charge on any atom is -0.477 e. The molecule has 6 nitrogen and oxygen atoms in total. The molecule has 0 radical (unpaired) electrons. The standard InChI is InChI=1S/C12H16F7NO5/c13-7-3-5(20-4-10(14,15)12(17,18)19)8(6(22)1-2-21)25-11(7,16)9(23)24/h5-8,20-22H,1-4H2,(H,23,24). The van der Waals surface area contributed by atoms with Crippen LogP contribution in [-0.4, -0.2) is 76.8 Å². The van der Waals surface area contributed by atoms with Crippen LogP contribution in [0.15, 0.2) is 0 Å². The van der Waals surface area contributed by atoms with Crippen molar-refractivity contribution in [1.29, 1.82) is 0 Å². The number of aliphatic hydroxyl groups is 2. The van der Waals surface area contributed by atoms with E-state index in [9.17, 15) is 40.6 Å². The Morgan fingerprint density at radius 1 is 1.32 bits per heavy atom. The van der Waals surface area contributed by atoms with E-state index in [0.29, 0.717) is 0 Å². The van der Waals surface area contributed by atoms with Crippen molar-refractivity contribution >= 4 is 5.97 Å². The van der Waals surface area contributed by atoms with Gasteiger partial charge in [-0.2, -0.15) is 26.3 Å². The Hall–Kier alpha value is -1.18. The van der Waals surface area contributed by atoms with E-state index < -0.39 is 74.3 Å². The summed E-state index contributed by atoms with van der Waals surface area (Å²) >= 11 is 0. The van der Waals surface area contributed by atoms with E-state index in [1.807, 2.05) is 0 Å². The lowest BCUT2D eigenvalue weighted by molar-refractivity contribution is -0.285. The van der Waals surface area contributed by atoms with Crippen molar-refractivity contribution in [3.05, 3.63) is 0 Å². The molecule has 5 unspecified atom stereocenters. The number of carboxylic acids is 1. The Morgan fingerprint density at radius 3 is 2.32 bits per heavy atom. The van der Waals surface area contributed by atoms with Gasteiger partial charge in [-0.25, -0.2) is 9.18 Å². The molecule has 0 amide bonds. The second kappa shape index (κ2) is 7.60. The van der Waals surface area contributed by atoms with Crippen molar-refractivity contribution in [2.75, 3.05) is 13.2 Å². The van der Waals surface area contributed by atoms with Crippen molar-refractivity contribution in [2.24, 2.45) is 0 Å². The van der Waals surface area contributed by atoms with E-state index in [-0.39, 0.29) is 0 Å². The van der Waals surface area contributed by atoms with E-state index in [0.717, 1.165) is 0 Å². The number of carboxylic acid groups (broad SMARTS) is 1. The van der Waals surface area contributed by atoms with Gasteiger partial charge in [0.05, 0.1) is 12.6 Å². The Balaban J connectivity index is 2.97. The van der Waals surface area contributed by atoms with Crippen LogP contribution in [0.4, 0.5) is 30.7 Å². The molecule has 148 valence electrons. The molecule has 13 heteroatoms. The highest BCUT2D eigenvalue weighted by Gasteiger charge is 2.60. The molecule has 5 atom stereocenters. The van der Waals surface area contributed by atoms with Crippen LogP contribution in [0.5, 0.6) is 0 Å². The predicted octanol–water partition coefficient (Wildman–Crippen LogP) is 0.763. The zero-order chi connectivity index (χ0) is 19.6. The fourth-order valence-electron chi connectivity index (χ4n) is 2.25. The summed E-state index contributed by atoms with van der Waals surface area (Å²) in [5, 5.41) is 28.8. The molecular weight excluding hydrogens is 371 g/mol. The highest BCUT2D eigenvalue weighted by Crippen LogP contribution is 2.37. The van der Waals surface area contributed by atoms with E-state index in [1.165, 1.54) is 0 Å². The topological polar surface area (TPSA) is 99.0 Å². The number of hydrogen-bond acceptors (Lipinski definition) is 5. The van der Waals surface area contributed by atoms with Gasteiger partial charge in [-0.05, 0) is 6.42 Å². The van der Waals surface area contributed by atoms with Crippen molar-refractivity contribution in [3.63, 3.8) is 0 Å². The van der Waals surface area contributed by atoms with Gasteiger partial charge >= 0.3 is 23.9 Å². The number of carbonyl (C=O) groups is 1. The van der Waals surface area contributed by atoms with Gasteiger partial charge in [0.1, 0.15) is 6.10 Å². The summed E-state index contributed by atoms with van der Waals surface area (Å²) in [7, 11) is 0. The quantitative estimate of drug-likeness (QED) is 0.482. The van der Waals surface area contributed by atoms with Crippen molar-refractivity contribution in [3.8, 4) is 0 Å². The first-order valence-electron chi connectivity index (χ1n) is 6.97. The molecule has 1 heterocycles. The molecule has 1 fully saturated rings. The number of rotatable bonds is 7. The average molecular weight is 387 g/mol. The molecule has 1 aliphatic rings. The Morgan fingerprint density at radius 2 is 1.88 bits per heavy atom. The van der Waals surface area contributed by atoms with Crippen LogP contribution in [0.3, 0.4) is 0 Å². The van der Waals surface area contributed by atoms with Gasteiger partial charge < -0.3 is 25.4 Å². The van der Waals surface area contributed by atoms with Crippen molar-refractivity contribution < 1.29 is 55.6 Å². The molecule has 0 aromatic rings. The molecule has 1 saturated heterocycles. The molecule has 0 aliphatic carbocycles. The third-order valence-corrected chi connectivity index (χ3v) is 3.66. The maximum atomic E-state index is 14.0. The summed E-state index contributed by atoms with van der Waals surface area (Å²) < 4.78 is 94.5. The molecule has 0 spiro atoms. The average Bonchev–Trinajstić information content (AvgIpc) is 2.47. The first kappa shape index (κ1) is 21.9. The van der Waals surface area contributed by atoms with Gasteiger partial charge in [-0.3, -0.25) is 0 Å². The third-order valence-electron chi connectivity index (χ3n) is 3.66. The van der Waals surface area contributed by atoms with E-state index in [4.69, 9.17) is 10.2 Å². The summed E-state index contributed by atoms with van der Waals surface area (Å²) in [5.41, 5.74) is 0. The van der Waals surface area contributed by atoms with Gasteiger partial charge in [-0.15, -0.1) is 0 Å². The number of aliphatic hydroxyl groups excluding tert-OH is 2. The normalized spacial score (nSPS) is 32.4. The van der Waals surface area contributed by atoms with Crippen LogP contribution in [0, 0.1) is 0 Å². The highest BCUT2D eigenvalue weighted by molar-refractivity contribution is 5.76. The smallest absolute Gasteiger partial charge is 0.454 e. The van der Waals surface area contributed by atoms with Gasteiger partial charge in [0.25, 0.3) is 0 Å². The molecule has 4 N–H and O–H groups in total. The van der Waals surface area contributed by atoms with E-state index in [1.54, 1.807) is 5.32 Å². The van der Waals surface area contributed by atoms with Gasteiger partial charge in [0.15, 0.2) is 6.17 Å². The highest BCUT2D eigenvalue weighted by atomic mass is 19.4. The Labute approximate surface area is 136 Å². The summed E-state index contributed by atoms with van der Waals surface area (Å²) in [6, 6.07) is -1.76. The third kappa shape index (κ3) is 4.71. The minimum absolute atomic E-state index is 0.537. The number of aliphatic carboxylic acids is 1. The maximum Gasteiger partial charge on any atom is 0.454 e. The minimum atomic E-state index is -5.91. The zero-order valence-electron chi connectivity index (χ0n) is 12.4. The molecule has 1 rings (SSSR count). The molecule has 0 bridgehead atoms. The zero-order valence-corrected chi connectivity index (χ0v) is 12.4. The number of alkyl halides is 7. The lowest BCUT2D eigenvalue weighted by atomic mass is 9.91. The van der Waals surface area contributed by atoms with Crippen LogP contribution in [-0.2, 0) is 9.53 Å². The molecule has 25 heavy (non-hydrogen) atoms. The van der Waals surface area contributed by atoms with Crippen LogP contribution in [0.1, 0.15) is 12.8 Å². The predicted molar refractivity (Wildman–Crippen MR) is 66.4 cm³/mol. The fourth-order valence-corrected chi connectivity index (χ4v) is 2.25. The lowest BCUT2D eigenvalue weighted by Gasteiger charge is -2.42. The number of halogens is 7. The second-order valence-electron chi connectivity index (χ2n) is 5.51. The van der Waals surface area contributed by atoms with Crippen LogP contribution in [0.25, 0.3) is 0 Å². The van der Waals surface area contributed by atoms with E-state index >= 15 is 0 Å². The lowest BCUT2D eigenvalue weighted by Crippen LogP contribution is -2.64. The second-order valence-corrected chi connectivity index (χ2v) is 5.51. The monoisotopic (exact) mass is 387 g/mol. The van der Waals surface area contributed by atoms with Crippen LogP contribution < -0.4 is 5.32 Å². The summed E-state index contributed by atoms with van der Waals surface area (Å²) in [5.74, 6) is -11.5. The summed E-state index contributed by atoms with van der Waals surface area (Å²) in [6.45, 7) is -2.73. The molecular formula is C12H16F7NO5. The number of hydrogen-bond donors (Lipinski definition) is 4. The van der Waals surface area contributed by atoms with Gasteiger partial charge in [0, 0.05) is 19.1 Å². The molecule has 0 aromatic heterocycles. The first-order chi connectivity index (χ1) is 11.3.